The lowest BCUT2D eigenvalue weighted by Gasteiger charge is -2.20. The second-order valence-electron chi connectivity index (χ2n) is 5.51. The van der Waals surface area contributed by atoms with Crippen molar-refractivity contribution in [3.63, 3.8) is 0 Å². The minimum atomic E-state index is -4.71. The number of likely N-dealkylation sites (N-methyl/N-ethyl adjacent to an activating group) is 1. The number of amides is 2. The summed E-state index contributed by atoms with van der Waals surface area (Å²) in [6.45, 7) is 2.14. The van der Waals surface area contributed by atoms with Gasteiger partial charge in [0, 0.05) is 17.0 Å². The summed E-state index contributed by atoms with van der Waals surface area (Å²) in [5, 5.41) is 4.60. The average Bonchev–Trinajstić information content (AvgIpc) is 3.17. The Morgan fingerprint density at radius 2 is 1.85 bits per heavy atom. The highest BCUT2D eigenvalue weighted by Gasteiger charge is 2.27. The van der Waals surface area contributed by atoms with Gasteiger partial charge in [-0.15, -0.1) is 11.3 Å². The lowest BCUT2D eigenvalue weighted by atomic mass is 10.2. The number of halogens is 2. The van der Waals surface area contributed by atoms with Crippen LogP contribution in [0, 0.1) is 0 Å². The average molecular weight is 416 g/mol. The normalized spacial score (nSPS) is 11.4. The Morgan fingerprint density at radius 1 is 1.19 bits per heavy atom. The van der Waals surface area contributed by atoms with Crippen molar-refractivity contribution >= 4 is 33.0 Å². The van der Waals surface area contributed by atoms with Gasteiger partial charge in [-0.1, -0.05) is 6.07 Å². The summed E-state index contributed by atoms with van der Waals surface area (Å²) < 4.78 is 47.9. The minimum Gasteiger partial charge on any atom is -0.350 e. The fraction of sp³-hybridized carbons (Fsp3) is 0.294. The van der Waals surface area contributed by atoms with E-state index in [0.717, 1.165) is 29.1 Å². The molecular weight excluding hydrogens is 398 g/mol. The van der Waals surface area contributed by atoms with E-state index < -0.39 is 26.4 Å². The molecule has 0 aliphatic rings. The van der Waals surface area contributed by atoms with Gasteiger partial charge in [0.05, 0.1) is 18.0 Å². The number of carbonyl (C=O) groups excluding carboxylic acids is 2. The summed E-state index contributed by atoms with van der Waals surface area (Å²) >= 11 is 1.50. The van der Waals surface area contributed by atoms with Crippen molar-refractivity contribution in [1.82, 2.24) is 10.2 Å². The predicted molar refractivity (Wildman–Crippen MR) is 97.4 cm³/mol. The van der Waals surface area contributed by atoms with Crippen LogP contribution in [0.15, 0.2) is 46.7 Å². The SMILES string of the molecule is CCN(CC(=O)NCc1cccs1)C(=O)c1ccc(S(=O)(=O)C(F)F)cc1. The van der Waals surface area contributed by atoms with E-state index in [1.807, 2.05) is 17.5 Å². The zero-order chi connectivity index (χ0) is 20.0. The van der Waals surface area contributed by atoms with E-state index >= 15 is 0 Å². The zero-order valence-electron chi connectivity index (χ0n) is 14.4. The molecule has 10 heteroatoms. The standard InChI is InChI=1S/C17H18F2N2O4S2/c1-2-21(11-15(22)20-10-13-4-3-9-26-13)16(23)12-5-7-14(8-6-12)27(24,25)17(18)19/h3-9,17H,2,10-11H2,1H3,(H,20,22). The molecule has 2 rings (SSSR count). The first-order valence-corrected chi connectivity index (χ1v) is 10.4. The van der Waals surface area contributed by atoms with Crippen LogP contribution in [0.5, 0.6) is 0 Å². The monoisotopic (exact) mass is 416 g/mol. The summed E-state index contributed by atoms with van der Waals surface area (Å²) in [4.78, 5) is 26.2. The molecule has 0 spiro atoms. The Balaban J connectivity index is 2.02. The number of rotatable bonds is 8. The van der Waals surface area contributed by atoms with Crippen molar-refractivity contribution in [3.05, 3.63) is 52.2 Å². The first-order valence-electron chi connectivity index (χ1n) is 7.96. The fourth-order valence-corrected chi connectivity index (χ4v) is 3.59. The smallest absolute Gasteiger partial charge is 0.341 e. The number of alkyl halides is 2. The Bertz CT molecular complexity index is 882. The summed E-state index contributed by atoms with van der Waals surface area (Å²) in [5.74, 6) is -4.36. The number of thiophene rings is 1. The molecule has 0 bridgehead atoms. The van der Waals surface area contributed by atoms with Gasteiger partial charge in [0.2, 0.25) is 15.7 Å². The Labute approximate surface area is 159 Å². The second kappa shape index (κ2) is 9.05. The van der Waals surface area contributed by atoms with E-state index in [1.165, 1.54) is 16.2 Å². The highest BCUT2D eigenvalue weighted by Crippen LogP contribution is 2.19. The first-order chi connectivity index (χ1) is 12.8. The van der Waals surface area contributed by atoms with Gasteiger partial charge >= 0.3 is 5.76 Å². The third-order valence-electron chi connectivity index (χ3n) is 3.71. The molecule has 0 fully saturated rings. The molecule has 0 aliphatic carbocycles. The number of hydrogen-bond acceptors (Lipinski definition) is 5. The molecule has 0 saturated heterocycles. The zero-order valence-corrected chi connectivity index (χ0v) is 16.0. The maximum atomic E-state index is 12.6. The van der Waals surface area contributed by atoms with E-state index in [2.05, 4.69) is 5.32 Å². The van der Waals surface area contributed by atoms with Crippen LogP contribution < -0.4 is 5.32 Å². The first kappa shape index (κ1) is 21.0. The van der Waals surface area contributed by atoms with Crippen molar-refractivity contribution < 1.29 is 26.8 Å². The van der Waals surface area contributed by atoms with Crippen molar-refractivity contribution in [2.24, 2.45) is 0 Å². The van der Waals surface area contributed by atoms with Gasteiger partial charge in [0.15, 0.2) is 0 Å². The Morgan fingerprint density at radius 3 is 2.37 bits per heavy atom. The van der Waals surface area contributed by atoms with E-state index in [4.69, 9.17) is 0 Å². The van der Waals surface area contributed by atoms with E-state index in [1.54, 1.807) is 6.92 Å². The summed E-state index contributed by atoms with van der Waals surface area (Å²) in [7, 11) is -4.71. The van der Waals surface area contributed by atoms with E-state index in [9.17, 15) is 26.8 Å². The molecule has 1 aromatic heterocycles. The van der Waals surface area contributed by atoms with Gasteiger partial charge in [0.1, 0.15) is 0 Å². The molecule has 1 aromatic carbocycles. The van der Waals surface area contributed by atoms with Gasteiger partial charge in [-0.25, -0.2) is 8.42 Å². The molecule has 27 heavy (non-hydrogen) atoms. The van der Waals surface area contributed by atoms with Crippen LogP contribution in [-0.2, 0) is 21.2 Å². The third kappa shape index (κ3) is 5.33. The Hall–Kier alpha value is -2.33. The van der Waals surface area contributed by atoms with Crippen LogP contribution in [0.3, 0.4) is 0 Å². The molecule has 2 amide bonds. The molecule has 0 aliphatic heterocycles. The van der Waals surface area contributed by atoms with Gasteiger partial charge < -0.3 is 10.2 Å². The molecule has 2 aromatic rings. The van der Waals surface area contributed by atoms with E-state index in [0.29, 0.717) is 6.54 Å². The minimum absolute atomic E-state index is 0.108. The highest BCUT2D eigenvalue weighted by atomic mass is 32.2. The molecule has 146 valence electrons. The summed E-state index contributed by atoms with van der Waals surface area (Å²) in [6.07, 6.45) is 0. The maximum Gasteiger partial charge on any atom is 0.341 e. The van der Waals surface area contributed by atoms with Crippen LogP contribution in [0.25, 0.3) is 0 Å². The van der Waals surface area contributed by atoms with Crippen LogP contribution >= 0.6 is 11.3 Å². The van der Waals surface area contributed by atoms with Crippen molar-refractivity contribution in [3.8, 4) is 0 Å². The topological polar surface area (TPSA) is 83.6 Å². The molecule has 0 atom stereocenters. The molecule has 0 unspecified atom stereocenters. The summed E-state index contributed by atoms with van der Waals surface area (Å²) in [6, 6.07) is 7.97. The second-order valence-corrected chi connectivity index (χ2v) is 8.46. The van der Waals surface area contributed by atoms with Gasteiger partial charge in [-0.05, 0) is 42.6 Å². The summed E-state index contributed by atoms with van der Waals surface area (Å²) in [5.41, 5.74) is 0.108. The van der Waals surface area contributed by atoms with Crippen molar-refractivity contribution in [2.75, 3.05) is 13.1 Å². The molecule has 0 radical (unpaired) electrons. The van der Waals surface area contributed by atoms with Crippen LogP contribution in [0.1, 0.15) is 22.2 Å². The lowest BCUT2D eigenvalue weighted by Crippen LogP contribution is -2.40. The van der Waals surface area contributed by atoms with E-state index in [-0.39, 0.29) is 24.6 Å². The van der Waals surface area contributed by atoms with Crippen LogP contribution in [0.4, 0.5) is 8.78 Å². The largest absolute Gasteiger partial charge is 0.350 e. The Kier molecular flexibility index (Phi) is 7.03. The van der Waals surface area contributed by atoms with Crippen LogP contribution in [-0.4, -0.2) is 44.0 Å². The quantitative estimate of drug-likeness (QED) is 0.717. The number of carbonyl (C=O) groups is 2. The molecule has 1 N–H and O–H groups in total. The number of hydrogen-bond donors (Lipinski definition) is 1. The van der Waals surface area contributed by atoms with Crippen molar-refractivity contribution in [2.45, 2.75) is 24.1 Å². The van der Waals surface area contributed by atoms with Gasteiger partial charge in [-0.3, -0.25) is 9.59 Å². The number of benzene rings is 1. The third-order valence-corrected chi connectivity index (χ3v) is 5.98. The molecule has 1 heterocycles. The molecular formula is C17H18F2N2O4S2. The maximum absolute atomic E-state index is 12.6. The lowest BCUT2D eigenvalue weighted by molar-refractivity contribution is -0.121. The number of sulfone groups is 1. The fourth-order valence-electron chi connectivity index (χ4n) is 2.23. The van der Waals surface area contributed by atoms with Crippen LogP contribution in [0.2, 0.25) is 0 Å². The molecule has 6 nitrogen and oxygen atoms in total. The number of nitrogens with one attached hydrogen (secondary N) is 1. The van der Waals surface area contributed by atoms with Gasteiger partial charge in [-0.2, -0.15) is 8.78 Å². The molecule has 0 saturated carbocycles. The number of nitrogens with zero attached hydrogens (tertiary/aromatic N) is 1. The van der Waals surface area contributed by atoms with Gasteiger partial charge in [0.25, 0.3) is 5.91 Å². The highest BCUT2D eigenvalue weighted by molar-refractivity contribution is 7.91. The predicted octanol–water partition coefficient (Wildman–Crippen LogP) is 2.52. The van der Waals surface area contributed by atoms with Crippen molar-refractivity contribution in [1.29, 1.82) is 0 Å².